The summed E-state index contributed by atoms with van der Waals surface area (Å²) in [5.74, 6) is 0.498. The van der Waals surface area contributed by atoms with Gasteiger partial charge in [-0.25, -0.2) is 4.98 Å². The maximum Gasteiger partial charge on any atom is 0.256 e. The lowest BCUT2D eigenvalue weighted by atomic mass is 9.74. The highest BCUT2D eigenvalue weighted by Crippen LogP contribution is 2.54. The largest absolute Gasteiger partial charge is 0.336 e. The average Bonchev–Trinajstić information content (AvgIpc) is 3.39. The average molecular weight is 401 g/mol. The molecule has 7 heteroatoms. The van der Waals surface area contributed by atoms with E-state index in [1.54, 1.807) is 11.1 Å². The minimum Gasteiger partial charge on any atom is -0.336 e. The zero-order valence-corrected chi connectivity index (χ0v) is 17.2. The fourth-order valence-corrected chi connectivity index (χ4v) is 4.97. The van der Waals surface area contributed by atoms with E-state index in [0.717, 1.165) is 16.9 Å². The van der Waals surface area contributed by atoms with Crippen LogP contribution in [0, 0.1) is 13.8 Å². The summed E-state index contributed by atoms with van der Waals surface area (Å²) in [6.45, 7) is 4.22. The molecule has 1 aromatic carbocycles. The number of para-hydroxylation sites is 1. The van der Waals surface area contributed by atoms with Gasteiger partial charge in [-0.15, -0.1) is 0 Å². The summed E-state index contributed by atoms with van der Waals surface area (Å²) in [7, 11) is 1.90. The van der Waals surface area contributed by atoms with Crippen molar-refractivity contribution < 1.29 is 9.59 Å². The number of hydrogen-bond acceptors (Lipinski definition) is 4. The third-order valence-corrected chi connectivity index (χ3v) is 6.41. The van der Waals surface area contributed by atoms with Crippen molar-refractivity contribution in [1.29, 1.82) is 0 Å². The molecule has 2 aliphatic rings. The molecule has 2 atom stereocenters. The van der Waals surface area contributed by atoms with E-state index < -0.39 is 11.5 Å². The SMILES string of the molecule is Cc1ccc(C(=O)N2CC[C@]3(C(=O)Nc4ccccc43)[C@@H]2c2nccn2C)c(C)n1. The first-order valence-electron chi connectivity index (χ1n) is 10.1. The molecule has 0 unspecified atom stereocenters. The van der Waals surface area contributed by atoms with E-state index in [1.807, 2.05) is 68.1 Å². The van der Waals surface area contributed by atoms with Gasteiger partial charge in [0.1, 0.15) is 17.3 Å². The monoisotopic (exact) mass is 401 g/mol. The van der Waals surface area contributed by atoms with Crippen molar-refractivity contribution in [1.82, 2.24) is 19.4 Å². The van der Waals surface area contributed by atoms with E-state index >= 15 is 0 Å². The molecule has 1 fully saturated rings. The summed E-state index contributed by atoms with van der Waals surface area (Å²) in [4.78, 5) is 37.9. The first-order valence-corrected chi connectivity index (χ1v) is 10.1. The molecule has 0 radical (unpaired) electrons. The van der Waals surface area contributed by atoms with E-state index in [1.165, 1.54) is 0 Å². The van der Waals surface area contributed by atoms with Crippen molar-refractivity contribution in [2.75, 3.05) is 11.9 Å². The minimum absolute atomic E-state index is 0.0780. The molecule has 2 aliphatic heterocycles. The topological polar surface area (TPSA) is 80.1 Å². The van der Waals surface area contributed by atoms with Gasteiger partial charge in [0.05, 0.1) is 11.3 Å². The normalized spacial score (nSPS) is 22.4. The number of aryl methyl sites for hydroxylation is 3. The third-order valence-electron chi connectivity index (χ3n) is 6.41. The molecule has 7 nitrogen and oxygen atoms in total. The van der Waals surface area contributed by atoms with Gasteiger partial charge in [-0.05, 0) is 44.0 Å². The molecule has 5 rings (SSSR count). The van der Waals surface area contributed by atoms with Gasteiger partial charge in [0.2, 0.25) is 5.91 Å². The van der Waals surface area contributed by atoms with Crippen molar-refractivity contribution >= 4 is 17.5 Å². The van der Waals surface area contributed by atoms with Crippen LogP contribution in [0.15, 0.2) is 48.8 Å². The van der Waals surface area contributed by atoms with Crippen molar-refractivity contribution in [3.05, 3.63) is 77.1 Å². The maximum atomic E-state index is 13.7. The quantitative estimate of drug-likeness (QED) is 0.716. The van der Waals surface area contributed by atoms with Crippen LogP contribution in [-0.2, 0) is 17.3 Å². The Hall–Kier alpha value is -3.48. The number of benzene rings is 1. The summed E-state index contributed by atoms with van der Waals surface area (Å²) < 4.78 is 1.90. The number of rotatable bonds is 2. The van der Waals surface area contributed by atoms with Crippen molar-refractivity contribution in [3.63, 3.8) is 0 Å². The van der Waals surface area contributed by atoms with Crippen LogP contribution >= 0.6 is 0 Å². The van der Waals surface area contributed by atoms with E-state index in [2.05, 4.69) is 15.3 Å². The molecule has 1 saturated heterocycles. The van der Waals surface area contributed by atoms with Crippen molar-refractivity contribution in [2.24, 2.45) is 7.05 Å². The number of carbonyl (C=O) groups excluding carboxylic acids is 2. The zero-order chi connectivity index (χ0) is 21.0. The molecule has 1 spiro atoms. The van der Waals surface area contributed by atoms with Crippen LogP contribution in [0.2, 0.25) is 0 Å². The zero-order valence-electron chi connectivity index (χ0n) is 17.2. The van der Waals surface area contributed by atoms with Gasteiger partial charge in [0.15, 0.2) is 0 Å². The molecule has 30 heavy (non-hydrogen) atoms. The van der Waals surface area contributed by atoms with Crippen LogP contribution in [0.3, 0.4) is 0 Å². The number of likely N-dealkylation sites (tertiary alicyclic amines) is 1. The van der Waals surface area contributed by atoms with Crippen LogP contribution in [0.4, 0.5) is 5.69 Å². The second-order valence-corrected chi connectivity index (χ2v) is 8.10. The van der Waals surface area contributed by atoms with Crippen molar-refractivity contribution in [2.45, 2.75) is 31.7 Å². The number of amides is 2. The molecular weight excluding hydrogens is 378 g/mol. The summed E-state index contributed by atoms with van der Waals surface area (Å²) in [5, 5.41) is 3.03. The standard InChI is InChI=1S/C23H23N5O2/c1-14-8-9-16(15(2)25-14)21(29)28-12-10-23(19(28)20-24-11-13-27(20)3)17-6-4-5-7-18(17)26-22(23)30/h4-9,11,13,19H,10,12H2,1-3H3,(H,26,30)/t19-,23+/m0/s1. The summed E-state index contributed by atoms with van der Waals surface area (Å²) in [6.07, 6.45) is 4.10. The number of nitrogens with one attached hydrogen (secondary N) is 1. The van der Waals surface area contributed by atoms with Crippen LogP contribution in [-0.4, -0.2) is 37.8 Å². The molecule has 1 N–H and O–H groups in total. The first kappa shape index (κ1) is 18.5. The lowest BCUT2D eigenvalue weighted by Crippen LogP contribution is -2.44. The fraction of sp³-hybridized carbons (Fsp3) is 0.304. The van der Waals surface area contributed by atoms with E-state index in [4.69, 9.17) is 0 Å². The summed E-state index contributed by atoms with van der Waals surface area (Å²) in [5.41, 5.74) is 2.99. The lowest BCUT2D eigenvalue weighted by molar-refractivity contribution is -0.121. The number of anilines is 1. The van der Waals surface area contributed by atoms with Crippen molar-refractivity contribution in [3.8, 4) is 0 Å². The molecule has 4 heterocycles. The number of fused-ring (bicyclic) bond motifs is 2. The van der Waals surface area contributed by atoms with Gasteiger partial charge >= 0.3 is 0 Å². The number of aromatic nitrogens is 3. The second kappa shape index (κ2) is 6.52. The fourth-order valence-electron chi connectivity index (χ4n) is 4.97. The Morgan fingerprint density at radius 1 is 1.20 bits per heavy atom. The molecule has 3 aromatic rings. The maximum absolute atomic E-state index is 13.7. The van der Waals surface area contributed by atoms with E-state index in [0.29, 0.717) is 30.0 Å². The van der Waals surface area contributed by atoms with Crippen LogP contribution in [0.25, 0.3) is 0 Å². The third kappa shape index (κ3) is 2.44. The van der Waals surface area contributed by atoms with Gasteiger partial charge in [0.25, 0.3) is 5.91 Å². The molecule has 0 bridgehead atoms. The highest BCUT2D eigenvalue weighted by Gasteiger charge is 2.60. The molecule has 152 valence electrons. The summed E-state index contributed by atoms with van der Waals surface area (Å²) in [6, 6.07) is 10.9. The smallest absolute Gasteiger partial charge is 0.256 e. The van der Waals surface area contributed by atoms with E-state index in [9.17, 15) is 9.59 Å². The van der Waals surface area contributed by atoms with Gasteiger partial charge in [-0.1, -0.05) is 18.2 Å². The van der Waals surface area contributed by atoms with Crippen LogP contribution < -0.4 is 5.32 Å². The Bertz CT molecular complexity index is 1180. The van der Waals surface area contributed by atoms with Gasteiger partial charge in [0, 0.05) is 37.4 Å². The molecule has 0 saturated carbocycles. The Morgan fingerprint density at radius 3 is 2.73 bits per heavy atom. The number of carbonyl (C=O) groups is 2. The van der Waals surface area contributed by atoms with Gasteiger partial charge in [-0.2, -0.15) is 0 Å². The van der Waals surface area contributed by atoms with Crippen LogP contribution in [0.1, 0.15) is 45.6 Å². The highest BCUT2D eigenvalue weighted by atomic mass is 16.2. The number of pyridine rings is 1. The molecule has 2 aromatic heterocycles. The summed E-state index contributed by atoms with van der Waals surface area (Å²) >= 11 is 0. The van der Waals surface area contributed by atoms with Crippen LogP contribution in [0.5, 0.6) is 0 Å². The number of hydrogen-bond donors (Lipinski definition) is 1. The molecule has 2 amide bonds. The Balaban J connectivity index is 1.68. The number of imidazole rings is 1. The lowest BCUT2D eigenvalue weighted by Gasteiger charge is -2.33. The second-order valence-electron chi connectivity index (χ2n) is 8.10. The first-order chi connectivity index (χ1) is 14.4. The Labute approximate surface area is 174 Å². The highest BCUT2D eigenvalue weighted by molar-refractivity contribution is 6.08. The van der Waals surface area contributed by atoms with Gasteiger partial charge < -0.3 is 14.8 Å². The van der Waals surface area contributed by atoms with E-state index in [-0.39, 0.29) is 11.8 Å². The molecule has 0 aliphatic carbocycles. The molecular formula is C23H23N5O2. The van der Waals surface area contributed by atoms with Gasteiger partial charge in [-0.3, -0.25) is 14.6 Å². The minimum atomic E-state index is -0.864. The Morgan fingerprint density at radius 2 is 2.00 bits per heavy atom. The number of nitrogens with zero attached hydrogens (tertiary/aromatic N) is 4. The predicted molar refractivity (Wildman–Crippen MR) is 112 cm³/mol. The Kier molecular flexibility index (Phi) is 4.03. The predicted octanol–water partition coefficient (Wildman–Crippen LogP) is 2.91.